The lowest BCUT2D eigenvalue weighted by Crippen LogP contribution is -2.05. The van der Waals surface area contributed by atoms with E-state index in [0.717, 1.165) is 23.7 Å². The second-order valence-corrected chi connectivity index (χ2v) is 5.62. The monoisotopic (exact) mass is 361 g/mol. The zero-order valence-electron chi connectivity index (χ0n) is 10.0. The van der Waals surface area contributed by atoms with Gasteiger partial charge in [0.1, 0.15) is 16.6 Å². The molecule has 8 heteroatoms. The summed E-state index contributed by atoms with van der Waals surface area (Å²) in [6, 6.07) is 5.46. The number of aryl methyl sites for hydroxylation is 1. The lowest BCUT2D eigenvalue weighted by molar-refractivity contribution is -0.137. The molecular weight excluding hydrogens is 355 g/mol. The van der Waals surface area contributed by atoms with E-state index in [4.69, 9.17) is 5.26 Å². The van der Waals surface area contributed by atoms with Crippen LogP contribution in [0.3, 0.4) is 0 Å². The van der Waals surface area contributed by atoms with Crippen molar-refractivity contribution in [2.24, 2.45) is 0 Å². The van der Waals surface area contributed by atoms with Gasteiger partial charge in [-0.1, -0.05) is 15.9 Å². The molecule has 20 heavy (non-hydrogen) atoms. The first-order valence-corrected chi connectivity index (χ1v) is 6.89. The molecule has 104 valence electrons. The van der Waals surface area contributed by atoms with Gasteiger partial charge < -0.3 is 5.32 Å². The van der Waals surface area contributed by atoms with Gasteiger partial charge in [-0.2, -0.15) is 22.8 Å². The highest BCUT2D eigenvalue weighted by Gasteiger charge is 2.31. The van der Waals surface area contributed by atoms with Crippen LogP contribution in [-0.4, -0.2) is 4.37 Å². The third kappa shape index (κ3) is 3.11. The van der Waals surface area contributed by atoms with Crippen LogP contribution in [0.15, 0.2) is 22.7 Å². The lowest BCUT2D eigenvalue weighted by Gasteiger charge is -2.11. The first-order valence-electron chi connectivity index (χ1n) is 5.32. The molecule has 0 aliphatic carbocycles. The van der Waals surface area contributed by atoms with Crippen molar-refractivity contribution in [3.63, 3.8) is 0 Å². The van der Waals surface area contributed by atoms with Gasteiger partial charge in [-0.15, -0.1) is 0 Å². The van der Waals surface area contributed by atoms with Gasteiger partial charge in [0.25, 0.3) is 0 Å². The fourth-order valence-electron chi connectivity index (χ4n) is 1.54. The van der Waals surface area contributed by atoms with Crippen molar-refractivity contribution < 1.29 is 13.2 Å². The molecule has 0 saturated carbocycles. The number of hydrogen-bond acceptors (Lipinski definition) is 4. The molecule has 2 aromatic rings. The second kappa shape index (κ2) is 5.42. The van der Waals surface area contributed by atoms with E-state index in [9.17, 15) is 13.2 Å². The number of nitrogens with one attached hydrogen (secondary N) is 1. The Morgan fingerprint density at radius 3 is 2.65 bits per heavy atom. The van der Waals surface area contributed by atoms with Gasteiger partial charge in [-0.3, -0.25) is 0 Å². The number of benzene rings is 1. The summed E-state index contributed by atoms with van der Waals surface area (Å²) in [5.74, 6) is 0. The van der Waals surface area contributed by atoms with Gasteiger partial charge >= 0.3 is 6.18 Å². The predicted octanol–water partition coefficient (Wildman–Crippen LogP) is 4.85. The number of anilines is 2. The van der Waals surface area contributed by atoms with Crippen molar-refractivity contribution in [1.82, 2.24) is 4.37 Å². The maximum Gasteiger partial charge on any atom is 0.416 e. The zero-order valence-corrected chi connectivity index (χ0v) is 12.4. The third-order valence-electron chi connectivity index (χ3n) is 2.46. The number of hydrogen-bond donors (Lipinski definition) is 1. The van der Waals surface area contributed by atoms with Gasteiger partial charge in [-0.25, -0.2) is 0 Å². The van der Waals surface area contributed by atoms with Crippen molar-refractivity contribution in [2.75, 3.05) is 5.32 Å². The first-order chi connectivity index (χ1) is 9.31. The molecule has 0 unspecified atom stereocenters. The Morgan fingerprint density at radius 1 is 1.35 bits per heavy atom. The number of alkyl halides is 3. The van der Waals surface area contributed by atoms with E-state index in [-0.39, 0.29) is 5.69 Å². The summed E-state index contributed by atoms with van der Waals surface area (Å²) in [5.41, 5.74) is 0.357. The van der Waals surface area contributed by atoms with E-state index in [1.807, 2.05) is 6.07 Å². The van der Waals surface area contributed by atoms with Crippen molar-refractivity contribution in [3.8, 4) is 6.07 Å². The highest BCUT2D eigenvalue weighted by molar-refractivity contribution is 9.10. The Morgan fingerprint density at radius 2 is 2.05 bits per heavy atom. The normalized spacial score (nSPS) is 11.2. The largest absolute Gasteiger partial charge is 0.416 e. The van der Waals surface area contributed by atoms with E-state index in [0.29, 0.717) is 20.7 Å². The van der Waals surface area contributed by atoms with Gasteiger partial charge in [0.2, 0.25) is 0 Å². The summed E-state index contributed by atoms with van der Waals surface area (Å²) in [6.45, 7) is 1.67. The number of aromatic nitrogens is 1. The molecule has 1 N–H and O–H groups in total. The number of halogens is 4. The standard InChI is InChI=1S/C12H7BrF3N3S/c1-6-10(5-17)11(20-19-6)18-9-3-7(12(14,15)16)2-8(13)4-9/h2-4,18H,1H3. The van der Waals surface area contributed by atoms with Crippen LogP contribution in [0.1, 0.15) is 16.8 Å². The average molecular weight is 362 g/mol. The summed E-state index contributed by atoms with van der Waals surface area (Å²) in [4.78, 5) is 0. The first kappa shape index (κ1) is 14.8. The van der Waals surface area contributed by atoms with E-state index < -0.39 is 11.7 Å². The lowest BCUT2D eigenvalue weighted by atomic mass is 10.2. The average Bonchev–Trinajstić information content (AvgIpc) is 2.68. The van der Waals surface area contributed by atoms with Crippen LogP contribution in [0.25, 0.3) is 0 Å². The molecule has 0 bridgehead atoms. The molecule has 1 heterocycles. The minimum atomic E-state index is -4.43. The molecule has 0 aliphatic rings. The SMILES string of the molecule is Cc1nsc(Nc2cc(Br)cc(C(F)(F)F)c2)c1C#N. The van der Waals surface area contributed by atoms with Gasteiger partial charge in [0.15, 0.2) is 0 Å². The van der Waals surface area contributed by atoms with Crippen molar-refractivity contribution in [1.29, 1.82) is 5.26 Å². The Hall–Kier alpha value is -1.59. The van der Waals surface area contributed by atoms with Crippen molar-refractivity contribution >= 4 is 38.2 Å². The molecule has 0 aliphatic heterocycles. The van der Waals surface area contributed by atoms with Crippen LogP contribution in [0.5, 0.6) is 0 Å². The molecule has 1 aromatic heterocycles. The third-order valence-corrected chi connectivity index (χ3v) is 3.77. The summed E-state index contributed by atoms with van der Waals surface area (Å²) < 4.78 is 42.5. The fourth-order valence-corrected chi connectivity index (χ4v) is 2.80. The van der Waals surface area contributed by atoms with E-state index in [1.165, 1.54) is 6.07 Å². The van der Waals surface area contributed by atoms with Gasteiger partial charge in [0, 0.05) is 10.2 Å². The maximum atomic E-state index is 12.7. The zero-order chi connectivity index (χ0) is 14.9. The highest BCUT2D eigenvalue weighted by atomic mass is 79.9. The van der Waals surface area contributed by atoms with E-state index >= 15 is 0 Å². The summed E-state index contributed by atoms with van der Waals surface area (Å²) in [6.07, 6.45) is -4.43. The van der Waals surface area contributed by atoms with Crippen LogP contribution >= 0.6 is 27.5 Å². The minimum Gasteiger partial charge on any atom is -0.345 e. The van der Waals surface area contributed by atoms with Crippen LogP contribution < -0.4 is 5.32 Å². The maximum absolute atomic E-state index is 12.7. The number of nitriles is 1. The molecule has 0 atom stereocenters. The highest BCUT2D eigenvalue weighted by Crippen LogP contribution is 2.35. The quantitative estimate of drug-likeness (QED) is 0.831. The fraction of sp³-hybridized carbons (Fsp3) is 0.167. The van der Waals surface area contributed by atoms with Crippen LogP contribution in [0.2, 0.25) is 0 Å². The Balaban J connectivity index is 2.39. The number of rotatable bonds is 2. The second-order valence-electron chi connectivity index (χ2n) is 3.94. The van der Waals surface area contributed by atoms with E-state index in [2.05, 4.69) is 25.6 Å². The molecule has 2 rings (SSSR count). The molecule has 0 amide bonds. The van der Waals surface area contributed by atoms with Gasteiger partial charge in [-0.05, 0) is 36.7 Å². The summed E-state index contributed by atoms with van der Waals surface area (Å²) >= 11 is 4.08. The number of nitrogens with zero attached hydrogens (tertiary/aromatic N) is 2. The predicted molar refractivity (Wildman–Crippen MR) is 74.0 cm³/mol. The Kier molecular flexibility index (Phi) is 4.01. The molecule has 0 radical (unpaired) electrons. The Labute approximate surface area is 125 Å². The minimum absolute atomic E-state index is 0.242. The van der Waals surface area contributed by atoms with Gasteiger partial charge in [0.05, 0.1) is 11.3 Å². The molecule has 0 spiro atoms. The van der Waals surface area contributed by atoms with E-state index in [1.54, 1.807) is 6.92 Å². The summed E-state index contributed by atoms with van der Waals surface area (Å²) in [7, 11) is 0. The molecule has 3 nitrogen and oxygen atoms in total. The van der Waals surface area contributed by atoms with Crippen LogP contribution in [-0.2, 0) is 6.18 Å². The smallest absolute Gasteiger partial charge is 0.345 e. The molecule has 0 fully saturated rings. The van der Waals surface area contributed by atoms with Crippen LogP contribution in [0.4, 0.5) is 23.9 Å². The van der Waals surface area contributed by atoms with Crippen molar-refractivity contribution in [2.45, 2.75) is 13.1 Å². The molecule has 1 aromatic carbocycles. The van der Waals surface area contributed by atoms with Crippen molar-refractivity contribution in [3.05, 3.63) is 39.5 Å². The molecule has 0 saturated heterocycles. The summed E-state index contributed by atoms with van der Waals surface area (Å²) in [5, 5.41) is 12.2. The van der Waals surface area contributed by atoms with Crippen LogP contribution in [0, 0.1) is 18.3 Å². The molecular formula is C12H7BrF3N3S. The Bertz CT molecular complexity index is 688. The topological polar surface area (TPSA) is 48.7 Å².